The first-order valence-electron chi connectivity index (χ1n) is 5.86. The highest BCUT2D eigenvalue weighted by Gasteiger charge is 2.23. The second-order valence-electron chi connectivity index (χ2n) is 4.91. The first-order valence-corrected chi connectivity index (χ1v) is 6.74. The number of nitrogens with two attached hydrogens (primary N) is 1. The Labute approximate surface area is 106 Å². The number of nitrogens with zero attached hydrogens (tertiary/aromatic N) is 2. The van der Waals surface area contributed by atoms with Crippen LogP contribution in [0.5, 0.6) is 0 Å². The minimum atomic E-state index is 0.137. The predicted octanol–water partition coefficient (Wildman–Crippen LogP) is 2.42. The van der Waals surface area contributed by atoms with E-state index in [0.29, 0.717) is 6.54 Å². The molecule has 0 spiro atoms. The molecule has 0 amide bonds. The Morgan fingerprint density at radius 2 is 2.29 bits per heavy atom. The van der Waals surface area contributed by atoms with Crippen LogP contribution in [0.2, 0.25) is 0 Å². The van der Waals surface area contributed by atoms with E-state index in [1.807, 2.05) is 23.9 Å². The van der Waals surface area contributed by atoms with Gasteiger partial charge < -0.3 is 10.3 Å². The number of thiophene rings is 1. The lowest BCUT2D eigenvalue weighted by atomic mass is 9.91. The average molecular weight is 249 g/mol. The number of imidazole rings is 1. The maximum atomic E-state index is 5.61. The van der Waals surface area contributed by atoms with Crippen LogP contribution in [0.4, 0.5) is 0 Å². The lowest BCUT2D eigenvalue weighted by Gasteiger charge is -2.24. The van der Waals surface area contributed by atoms with Crippen molar-refractivity contribution in [1.29, 1.82) is 0 Å². The summed E-state index contributed by atoms with van der Waals surface area (Å²) in [5.74, 6) is 0. The molecule has 92 valence electrons. The van der Waals surface area contributed by atoms with Crippen LogP contribution in [-0.2, 0) is 18.4 Å². The minimum Gasteiger partial charge on any atom is -0.334 e. The van der Waals surface area contributed by atoms with Gasteiger partial charge in [-0.1, -0.05) is 19.9 Å². The molecule has 0 saturated heterocycles. The summed E-state index contributed by atoms with van der Waals surface area (Å²) in [6.07, 6.45) is 4.71. The summed E-state index contributed by atoms with van der Waals surface area (Å²) in [7, 11) is 0. The van der Waals surface area contributed by atoms with Crippen molar-refractivity contribution in [3.63, 3.8) is 0 Å². The number of aromatic nitrogens is 2. The third-order valence-electron chi connectivity index (χ3n) is 2.95. The van der Waals surface area contributed by atoms with Gasteiger partial charge in [0, 0.05) is 35.1 Å². The highest BCUT2D eigenvalue weighted by molar-refractivity contribution is 7.10. The van der Waals surface area contributed by atoms with E-state index >= 15 is 0 Å². The summed E-state index contributed by atoms with van der Waals surface area (Å²) in [4.78, 5) is 5.62. The van der Waals surface area contributed by atoms with Gasteiger partial charge in [-0.25, -0.2) is 4.98 Å². The van der Waals surface area contributed by atoms with Gasteiger partial charge in [-0.05, 0) is 18.0 Å². The molecule has 0 aromatic carbocycles. The predicted molar refractivity (Wildman–Crippen MR) is 72.3 cm³/mol. The van der Waals surface area contributed by atoms with Gasteiger partial charge in [0.15, 0.2) is 0 Å². The zero-order valence-corrected chi connectivity index (χ0v) is 11.2. The van der Waals surface area contributed by atoms with Crippen LogP contribution in [0.1, 0.15) is 24.4 Å². The van der Waals surface area contributed by atoms with Crippen LogP contribution < -0.4 is 5.73 Å². The zero-order valence-electron chi connectivity index (χ0n) is 10.4. The molecule has 2 aromatic heterocycles. The fraction of sp³-hybridized carbons (Fsp3) is 0.462. The fourth-order valence-corrected chi connectivity index (χ4v) is 2.86. The molecule has 2 aromatic rings. The normalized spacial score (nSPS) is 11.9. The molecule has 0 aliphatic carbocycles. The third-order valence-corrected chi connectivity index (χ3v) is 4.19. The molecule has 0 atom stereocenters. The molecule has 0 radical (unpaired) electrons. The SMILES string of the molecule is CC(C)(Cn1cncc1CCN)c1cccs1. The summed E-state index contributed by atoms with van der Waals surface area (Å²) < 4.78 is 2.21. The minimum absolute atomic E-state index is 0.137. The van der Waals surface area contributed by atoms with E-state index in [9.17, 15) is 0 Å². The number of hydrogen-bond donors (Lipinski definition) is 1. The Morgan fingerprint density at radius 3 is 2.94 bits per heavy atom. The molecule has 3 nitrogen and oxygen atoms in total. The smallest absolute Gasteiger partial charge is 0.0948 e. The lowest BCUT2D eigenvalue weighted by Crippen LogP contribution is -2.24. The molecule has 2 N–H and O–H groups in total. The van der Waals surface area contributed by atoms with Gasteiger partial charge in [-0.3, -0.25) is 0 Å². The molecule has 0 fully saturated rings. The Balaban J connectivity index is 2.17. The van der Waals surface area contributed by atoms with Crippen molar-refractivity contribution in [3.8, 4) is 0 Å². The molecule has 4 heteroatoms. The van der Waals surface area contributed by atoms with E-state index in [-0.39, 0.29) is 5.41 Å². The van der Waals surface area contributed by atoms with E-state index in [2.05, 4.69) is 40.9 Å². The molecule has 2 rings (SSSR count). The zero-order chi connectivity index (χ0) is 12.3. The van der Waals surface area contributed by atoms with Crippen LogP contribution >= 0.6 is 11.3 Å². The van der Waals surface area contributed by atoms with E-state index in [1.165, 1.54) is 10.6 Å². The van der Waals surface area contributed by atoms with Crippen molar-refractivity contribution in [2.45, 2.75) is 32.2 Å². The van der Waals surface area contributed by atoms with Crippen LogP contribution in [-0.4, -0.2) is 16.1 Å². The van der Waals surface area contributed by atoms with E-state index in [4.69, 9.17) is 5.73 Å². The topological polar surface area (TPSA) is 43.8 Å². The van der Waals surface area contributed by atoms with Gasteiger partial charge in [0.1, 0.15) is 0 Å². The van der Waals surface area contributed by atoms with Crippen molar-refractivity contribution in [2.75, 3.05) is 6.54 Å². The molecule has 0 bridgehead atoms. The average Bonchev–Trinajstić information content (AvgIpc) is 2.90. The second kappa shape index (κ2) is 5.02. The van der Waals surface area contributed by atoms with Crippen molar-refractivity contribution in [1.82, 2.24) is 9.55 Å². The first-order chi connectivity index (χ1) is 8.13. The molecular weight excluding hydrogens is 230 g/mol. The van der Waals surface area contributed by atoms with E-state index < -0.39 is 0 Å². The van der Waals surface area contributed by atoms with Crippen LogP contribution in [0.25, 0.3) is 0 Å². The Hall–Kier alpha value is -1.13. The van der Waals surface area contributed by atoms with Gasteiger partial charge in [-0.2, -0.15) is 0 Å². The summed E-state index contributed by atoms with van der Waals surface area (Å²) in [5.41, 5.74) is 6.96. The summed E-state index contributed by atoms with van der Waals surface area (Å²) in [6, 6.07) is 4.31. The van der Waals surface area contributed by atoms with Gasteiger partial charge in [0.25, 0.3) is 0 Å². The summed E-state index contributed by atoms with van der Waals surface area (Å²) >= 11 is 1.81. The van der Waals surface area contributed by atoms with E-state index in [1.54, 1.807) is 0 Å². The highest BCUT2D eigenvalue weighted by Crippen LogP contribution is 2.29. The van der Waals surface area contributed by atoms with Crippen molar-refractivity contribution >= 4 is 11.3 Å². The monoisotopic (exact) mass is 249 g/mol. The lowest BCUT2D eigenvalue weighted by molar-refractivity contribution is 0.434. The first kappa shape index (κ1) is 12.3. The highest BCUT2D eigenvalue weighted by atomic mass is 32.1. The van der Waals surface area contributed by atoms with Crippen LogP contribution in [0, 0.1) is 0 Å². The van der Waals surface area contributed by atoms with Crippen molar-refractivity contribution in [3.05, 3.63) is 40.6 Å². The summed E-state index contributed by atoms with van der Waals surface area (Å²) in [5, 5.41) is 2.13. The molecule has 0 saturated carbocycles. The van der Waals surface area contributed by atoms with Gasteiger partial charge in [0.2, 0.25) is 0 Å². The molecule has 17 heavy (non-hydrogen) atoms. The quantitative estimate of drug-likeness (QED) is 0.884. The number of rotatable bonds is 5. The second-order valence-corrected chi connectivity index (χ2v) is 5.86. The van der Waals surface area contributed by atoms with Gasteiger partial charge in [-0.15, -0.1) is 11.3 Å². The van der Waals surface area contributed by atoms with Crippen molar-refractivity contribution in [2.24, 2.45) is 5.73 Å². The van der Waals surface area contributed by atoms with Crippen LogP contribution in [0.15, 0.2) is 30.0 Å². The molecule has 0 aliphatic rings. The Bertz CT molecular complexity index is 457. The maximum absolute atomic E-state index is 5.61. The van der Waals surface area contributed by atoms with E-state index in [0.717, 1.165) is 13.0 Å². The van der Waals surface area contributed by atoms with Crippen LogP contribution in [0.3, 0.4) is 0 Å². The fourth-order valence-electron chi connectivity index (χ4n) is 2.01. The largest absolute Gasteiger partial charge is 0.334 e. The molecule has 0 unspecified atom stereocenters. The number of hydrogen-bond acceptors (Lipinski definition) is 3. The Kier molecular flexibility index (Phi) is 3.64. The standard InChI is InChI=1S/C13H19N3S/c1-13(2,12-4-3-7-17-12)9-16-10-15-8-11(16)5-6-14/h3-4,7-8,10H,5-6,9,14H2,1-2H3. The van der Waals surface area contributed by atoms with Gasteiger partial charge >= 0.3 is 0 Å². The third kappa shape index (κ3) is 2.76. The van der Waals surface area contributed by atoms with Crippen molar-refractivity contribution < 1.29 is 0 Å². The maximum Gasteiger partial charge on any atom is 0.0948 e. The molecule has 0 aliphatic heterocycles. The molecular formula is C13H19N3S. The van der Waals surface area contributed by atoms with Gasteiger partial charge in [0.05, 0.1) is 6.33 Å². The summed E-state index contributed by atoms with van der Waals surface area (Å²) in [6.45, 7) is 6.16. The Morgan fingerprint density at radius 1 is 1.47 bits per heavy atom. The molecule has 2 heterocycles.